The minimum Gasteiger partial charge on any atom is -0.293 e. The molecule has 18 heavy (non-hydrogen) atoms. The molecular formula is C15H13BrOS. The van der Waals surface area contributed by atoms with E-state index in [0.717, 1.165) is 27.8 Å². The highest BCUT2D eigenvalue weighted by Gasteiger charge is 2.18. The summed E-state index contributed by atoms with van der Waals surface area (Å²) in [5, 5.41) is 0. The second-order valence-electron chi connectivity index (χ2n) is 4.64. The topological polar surface area (TPSA) is 17.1 Å². The van der Waals surface area contributed by atoms with E-state index >= 15 is 0 Å². The lowest BCUT2D eigenvalue weighted by atomic mass is 10.1. The van der Waals surface area contributed by atoms with Crippen molar-refractivity contribution in [1.29, 1.82) is 0 Å². The van der Waals surface area contributed by atoms with Crippen LogP contribution in [0.1, 0.15) is 32.1 Å². The minimum atomic E-state index is 0.243. The second kappa shape index (κ2) is 4.98. The van der Waals surface area contributed by atoms with Gasteiger partial charge in [0.05, 0.1) is 4.88 Å². The van der Waals surface area contributed by atoms with E-state index in [4.69, 9.17) is 0 Å². The Morgan fingerprint density at radius 3 is 2.94 bits per heavy atom. The van der Waals surface area contributed by atoms with Gasteiger partial charge in [-0.2, -0.15) is 0 Å². The lowest BCUT2D eigenvalue weighted by Gasteiger charge is -2.00. The maximum Gasteiger partial charge on any atom is 0.177 e. The number of carbonyl (C=O) groups excluding carboxylic acids is 1. The predicted octanol–water partition coefficient (Wildman–Crippen LogP) is 4.42. The zero-order valence-corrected chi connectivity index (χ0v) is 12.3. The SMILES string of the molecule is O=C(Cc1cccc(Br)c1)c1cc2c(s1)CCC2. The molecule has 0 atom stereocenters. The van der Waals surface area contributed by atoms with Crippen LogP contribution in [0.3, 0.4) is 0 Å². The van der Waals surface area contributed by atoms with Crippen molar-refractivity contribution >= 4 is 33.0 Å². The summed E-state index contributed by atoms with van der Waals surface area (Å²) in [6.07, 6.45) is 4.06. The first-order valence-electron chi connectivity index (χ1n) is 6.11. The van der Waals surface area contributed by atoms with E-state index in [9.17, 15) is 4.79 Å². The fourth-order valence-corrected chi connectivity index (χ4v) is 4.02. The van der Waals surface area contributed by atoms with E-state index in [1.165, 1.54) is 16.9 Å². The molecule has 1 aliphatic carbocycles. The highest BCUT2D eigenvalue weighted by Crippen LogP contribution is 2.31. The summed E-state index contributed by atoms with van der Waals surface area (Å²) in [6.45, 7) is 0. The Labute approximate surface area is 119 Å². The van der Waals surface area contributed by atoms with Crippen molar-refractivity contribution in [1.82, 2.24) is 0 Å². The van der Waals surface area contributed by atoms with Gasteiger partial charge < -0.3 is 0 Å². The summed E-state index contributed by atoms with van der Waals surface area (Å²) in [6, 6.07) is 10.1. The number of fused-ring (bicyclic) bond motifs is 1. The molecule has 0 bridgehead atoms. The molecule has 0 aliphatic heterocycles. The van der Waals surface area contributed by atoms with Crippen molar-refractivity contribution in [2.75, 3.05) is 0 Å². The van der Waals surface area contributed by atoms with Crippen LogP contribution in [-0.4, -0.2) is 5.78 Å². The average Bonchev–Trinajstić information content (AvgIpc) is 2.88. The van der Waals surface area contributed by atoms with Crippen LogP contribution in [0.2, 0.25) is 0 Å². The third-order valence-corrected chi connectivity index (χ3v) is 5.05. The number of Topliss-reactive ketones (excluding diaryl/α,β-unsaturated/α-hetero) is 1. The van der Waals surface area contributed by atoms with Crippen molar-refractivity contribution in [2.24, 2.45) is 0 Å². The maximum atomic E-state index is 12.2. The second-order valence-corrected chi connectivity index (χ2v) is 6.69. The van der Waals surface area contributed by atoms with E-state index < -0.39 is 0 Å². The Morgan fingerprint density at radius 2 is 2.17 bits per heavy atom. The Kier molecular flexibility index (Phi) is 3.35. The molecule has 0 saturated heterocycles. The van der Waals surface area contributed by atoms with E-state index in [-0.39, 0.29) is 5.78 Å². The summed E-state index contributed by atoms with van der Waals surface area (Å²) in [7, 11) is 0. The fraction of sp³-hybridized carbons (Fsp3) is 0.267. The number of rotatable bonds is 3. The van der Waals surface area contributed by atoms with Gasteiger partial charge >= 0.3 is 0 Å². The van der Waals surface area contributed by atoms with Gasteiger partial charge in [0.1, 0.15) is 0 Å². The molecule has 1 nitrogen and oxygen atoms in total. The molecule has 0 N–H and O–H groups in total. The molecule has 2 aromatic rings. The highest BCUT2D eigenvalue weighted by atomic mass is 79.9. The number of hydrogen-bond donors (Lipinski definition) is 0. The van der Waals surface area contributed by atoms with Crippen molar-refractivity contribution in [3.05, 3.63) is 55.7 Å². The van der Waals surface area contributed by atoms with Crippen LogP contribution in [0.5, 0.6) is 0 Å². The van der Waals surface area contributed by atoms with E-state index in [0.29, 0.717) is 6.42 Å². The van der Waals surface area contributed by atoms with Gasteiger partial charge in [-0.15, -0.1) is 11.3 Å². The first-order valence-corrected chi connectivity index (χ1v) is 7.72. The van der Waals surface area contributed by atoms with Gasteiger partial charge in [0.15, 0.2) is 5.78 Å². The number of carbonyl (C=O) groups is 1. The zero-order chi connectivity index (χ0) is 12.5. The number of halogens is 1. The lowest BCUT2D eigenvalue weighted by Crippen LogP contribution is -2.01. The predicted molar refractivity (Wildman–Crippen MR) is 78.5 cm³/mol. The molecular weight excluding hydrogens is 308 g/mol. The summed E-state index contributed by atoms with van der Waals surface area (Å²) in [4.78, 5) is 14.6. The van der Waals surface area contributed by atoms with Crippen LogP contribution in [0.25, 0.3) is 0 Å². The van der Waals surface area contributed by atoms with Crippen molar-refractivity contribution in [3.63, 3.8) is 0 Å². The first-order chi connectivity index (χ1) is 8.72. The first kappa shape index (κ1) is 12.1. The third-order valence-electron chi connectivity index (χ3n) is 3.28. The fourth-order valence-electron chi connectivity index (χ4n) is 2.39. The Morgan fingerprint density at radius 1 is 1.28 bits per heavy atom. The van der Waals surface area contributed by atoms with Crippen molar-refractivity contribution in [3.8, 4) is 0 Å². The molecule has 3 heteroatoms. The van der Waals surface area contributed by atoms with Crippen LogP contribution < -0.4 is 0 Å². The van der Waals surface area contributed by atoms with Gasteiger partial charge in [-0.3, -0.25) is 4.79 Å². The van der Waals surface area contributed by atoms with Crippen LogP contribution in [0, 0.1) is 0 Å². The van der Waals surface area contributed by atoms with Crippen molar-refractivity contribution < 1.29 is 4.79 Å². The number of benzene rings is 1. The van der Waals surface area contributed by atoms with Crippen LogP contribution in [-0.2, 0) is 19.3 Å². The Bertz CT molecular complexity index is 579. The largest absolute Gasteiger partial charge is 0.293 e. The quantitative estimate of drug-likeness (QED) is 0.765. The summed E-state index contributed by atoms with van der Waals surface area (Å²) in [5.41, 5.74) is 2.47. The van der Waals surface area contributed by atoms with Gasteiger partial charge in [-0.25, -0.2) is 0 Å². The van der Waals surface area contributed by atoms with Gasteiger partial charge in [0, 0.05) is 15.8 Å². The average molecular weight is 321 g/mol. The Hall–Kier alpha value is -0.930. The normalized spacial score (nSPS) is 13.6. The summed E-state index contributed by atoms with van der Waals surface area (Å²) in [5.74, 6) is 0.243. The lowest BCUT2D eigenvalue weighted by molar-refractivity contribution is 0.0997. The number of hydrogen-bond acceptors (Lipinski definition) is 2. The monoisotopic (exact) mass is 320 g/mol. The van der Waals surface area contributed by atoms with Crippen LogP contribution in [0.15, 0.2) is 34.8 Å². The Balaban J connectivity index is 1.78. The standard InChI is InChI=1S/C15H13BrOS/c16-12-5-1-3-10(7-12)8-13(17)15-9-11-4-2-6-14(11)18-15/h1,3,5,7,9H,2,4,6,8H2. The van der Waals surface area contributed by atoms with Crippen LogP contribution >= 0.6 is 27.3 Å². The molecule has 1 aliphatic rings. The number of ketones is 1. The smallest absolute Gasteiger partial charge is 0.177 e. The highest BCUT2D eigenvalue weighted by molar-refractivity contribution is 9.10. The summed E-state index contributed by atoms with van der Waals surface area (Å²) < 4.78 is 1.03. The molecule has 0 amide bonds. The summed E-state index contributed by atoms with van der Waals surface area (Å²) >= 11 is 5.13. The molecule has 0 saturated carbocycles. The molecule has 0 unspecified atom stereocenters. The molecule has 0 radical (unpaired) electrons. The zero-order valence-electron chi connectivity index (χ0n) is 9.91. The van der Waals surface area contributed by atoms with Crippen LogP contribution in [0.4, 0.5) is 0 Å². The van der Waals surface area contributed by atoms with Gasteiger partial charge in [0.25, 0.3) is 0 Å². The molecule has 92 valence electrons. The van der Waals surface area contributed by atoms with Gasteiger partial charge in [-0.1, -0.05) is 28.1 Å². The molecule has 1 aromatic carbocycles. The third kappa shape index (κ3) is 2.43. The molecule has 1 aromatic heterocycles. The van der Waals surface area contributed by atoms with Gasteiger partial charge in [-0.05, 0) is 48.6 Å². The molecule has 0 spiro atoms. The maximum absolute atomic E-state index is 12.2. The van der Waals surface area contributed by atoms with E-state index in [1.807, 2.05) is 24.3 Å². The van der Waals surface area contributed by atoms with E-state index in [1.54, 1.807) is 11.3 Å². The molecule has 3 rings (SSSR count). The number of aryl methyl sites for hydroxylation is 2. The minimum absolute atomic E-state index is 0.243. The van der Waals surface area contributed by atoms with Gasteiger partial charge in [0.2, 0.25) is 0 Å². The number of thiophene rings is 1. The molecule has 1 heterocycles. The molecule has 0 fully saturated rings. The van der Waals surface area contributed by atoms with Crippen molar-refractivity contribution in [2.45, 2.75) is 25.7 Å². The van der Waals surface area contributed by atoms with E-state index in [2.05, 4.69) is 22.0 Å².